The van der Waals surface area contributed by atoms with Crippen molar-refractivity contribution >= 4 is 17.7 Å². The number of fused-ring (bicyclic) bond motifs is 1. The van der Waals surface area contributed by atoms with Gasteiger partial charge in [0.25, 0.3) is 0 Å². The minimum absolute atomic E-state index is 0.204. The Morgan fingerprint density at radius 3 is 2.57 bits per heavy atom. The predicted octanol–water partition coefficient (Wildman–Crippen LogP) is 3.20. The molecule has 4 rings (SSSR count). The molecule has 6 heteroatoms. The molecule has 2 aliphatic rings. The number of piperazine rings is 1. The molecule has 0 aromatic heterocycles. The smallest absolute Gasteiger partial charge is 0.233 e. The van der Waals surface area contributed by atoms with Gasteiger partial charge >= 0.3 is 0 Å². The topological polar surface area (TPSA) is 42.0 Å². The van der Waals surface area contributed by atoms with Crippen molar-refractivity contribution < 1.29 is 14.3 Å². The Kier molecular flexibility index (Phi) is 6.07. The largest absolute Gasteiger partial charge is 0.486 e. The summed E-state index contributed by atoms with van der Waals surface area (Å²) in [6.45, 7) is 7.69. The van der Waals surface area contributed by atoms with E-state index in [0.717, 1.165) is 49.1 Å². The number of carbonyl (C=O) groups is 1. The lowest BCUT2D eigenvalue weighted by atomic mass is 10.1. The van der Waals surface area contributed by atoms with Gasteiger partial charge in [0.15, 0.2) is 11.5 Å². The van der Waals surface area contributed by atoms with E-state index >= 15 is 0 Å². The summed E-state index contributed by atoms with van der Waals surface area (Å²) in [6, 6.07) is 14.5. The van der Waals surface area contributed by atoms with Gasteiger partial charge in [0, 0.05) is 37.6 Å². The lowest BCUT2D eigenvalue weighted by Crippen LogP contribution is -2.48. The van der Waals surface area contributed by atoms with Crippen LogP contribution in [0.4, 0.5) is 0 Å². The van der Waals surface area contributed by atoms with E-state index in [1.807, 2.05) is 23.1 Å². The van der Waals surface area contributed by atoms with Gasteiger partial charge < -0.3 is 14.4 Å². The van der Waals surface area contributed by atoms with Crippen LogP contribution in [0.15, 0.2) is 47.4 Å². The second kappa shape index (κ2) is 8.88. The van der Waals surface area contributed by atoms with Gasteiger partial charge in [-0.05, 0) is 30.7 Å². The number of amides is 1. The number of hydrogen-bond donors (Lipinski definition) is 0. The summed E-state index contributed by atoms with van der Waals surface area (Å²) in [5.41, 5.74) is 2.64. The van der Waals surface area contributed by atoms with Crippen LogP contribution in [0, 0.1) is 6.92 Å². The molecule has 0 radical (unpaired) electrons. The number of benzene rings is 2. The third-order valence-corrected chi connectivity index (χ3v) is 6.07. The molecule has 2 heterocycles. The van der Waals surface area contributed by atoms with Crippen molar-refractivity contribution in [1.82, 2.24) is 9.80 Å². The van der Waals surface area contributed by atoms with E-state index in [9.17, 15) is 4.79 Å². The lowest BCUT2D eigenvalue weighted by molar-refractivity contribution is -0.130. The first-order valence-corrected chi connectivity index (χ1v) is 10.7. The number of rotatable bonds is 5. The van der Waals surface area contributed by atoms with Crippen molar-refractivity contribution in [1.29, 1.82) is 0 Å². The van der Waals surface area contributed by atoms with Crippen molar-refractivity contribution in [3.05, 3.63) is 53.6 Å². The van der Waals surface area contributed by atoms with Crippen LogP contribution in [0.25, 0.3) is 0 Å². The molecular formula is C22H26N2O3S. The zero-order valence-electron chi connectivity index (χ0n) is 16.2. The fourth-order valence-electron chi connectivity index (χ4n) is 3.57. The quantitative estimate of drug-likeness (QED) is 0.724. The van der Waals surface area contributed by atoms with Crippen LogP contribution in [0.1, 0.15) is 11.1 Å². The van der Waals surface area contributed by atoms with Crippen molar-refractivity contribution in [2.45, 2.75) is 18.4 Å². The van der Waals surface area contributed by atoms with Gasteiger partial charge in [-0.25, -0.2) is 0 Å². The number of thioether (sulfide) groups is 1. The van der Waals surface area contributed by atoms with Gasteiger partial charge in [0.2, 0.25) is 5.91 Å². The fraction of sp³-hybridized carbons (Fsp3) is 0.409. The van der Waals surface area contributed by atoms with Crippen molar-refractivity contribution in [3.8, 4) is 11.5 Å². The SMILES string of the molecule is Cc1cccc(CN2CCN(C(=O)CSc3ccc4c(c3)OCCO4)CC2)c1. The number of carbonyl (C=O) groups excluding carboxylic acids is 1. The maximum absolute atomic E-state index is 12.6. The van der Waals surface area contributed by atoms with Gasteiger partial charge in [-0.1, -0.05) is 29.8 Å². The number of hydrogen-bond acceptors (Lipinski definition) is 5. The molecule has 148 valence electrons. The molecule has 0 aliphatic carbocycles. The third kappa shape index (κ3) is 4.80. The second-order valence-corrected chi connectivity index (χ2v) is 8.29. The Morgan fingerprint density at radius 2 is 1.79 bits per heavy atom. The number of ether oxygens (including phenoxy) is 2. The van der Waals surface area contributed by atoms with E-state index in [2.05, 4.69) is 36.1 Å². The van der Waals surface area contributed by atoms with Crippen LogP contribution in [0.5, 0.6) is 11.5 Å². The Hall–Kier alpha value is -2.18. The highest BCUT2D eigenvalue weighted by molar-refractivity contribution is 8.00. The highest BCUT2D eigenvalue weighted by Gasteiger charge is 2.21. The van der Waals surface area contributed by atoms with E-state index < -0.39 is 0 Å². The second-order valence-electron chi connectivity index (χ2n) is 7.24. The molecule has 5 nitrogen and oxygen atoms in total. The van der Waals surface area contributed by atoms with Crippen LogP contribution >= 0.6 is 11.8 Å². The molecule has 0 bridgehead atoms. The average Bonchev–Trinajstić information content (AvgIpc) is 2.72. The first-order valence-electron chi connectivity index (χ1n) is 9.75. The third-order valence-electron chi connectivity index (χ3n) is 5.09. The summed E-state index contributed by atoms with van der Waals surface area (Å²) in [4.78, 5) is 18.0. The number of nitrogens with zero attached hydrogens (tertiary/aromatic N) is 2. The molecule has 2 aliphatic heterocycles. The summed E-state index contributed by atoms with van der Waals surface area (Å²) < 4.78 is 11.2. The molecule has 0 atom stereocenters. The van der Waals surface area contributed by atoms with Crippen LogP contribution < -0.4 is 9.47 Å². The summed E-state index contributed by atoms with van der Waals surface area (Å²) in [6.07, 6.45) is 0. The molecule has 2 aromatic carbocycles. The van der Waals surface area contributed by atoms with Gasteiger partial charge in [0.1, 0.15) is 13.2 Å². The Balaban J connectivity index is 1.24. The zero-order chi connectivity index (χ0) is 19.3. The van der Waals surface area contributed by atoms with Gasteiger partial charge in [-0.3, -0.25) is 9.69 Å². The van der Waals surface area contributed by atoms with Crippen LogP contribution in [0.3, 0.4) is 0 Å². The minimum Gasteiger partial charge on any atom is -0.486 e. The van der Waals surface area contributed by atoms with E-state index in [0.29, 0.717) is 19.0 Å². The Bertz CT molecular complexity index is 834. The Labute approximate surface area is 170 Å². The van der Waals surface area contributed by atoms with Gasteiger partial charge in [-0.15, -0.1) is 11.8 Å². The van der Waals surface area contributed by atoms with Gasteiger partial charge in [-0.2, -0.15) is 0 Å². The first kappa shape index (κ1) is 19.2. The van der Waals surface area contributed by atoms with Crippen LogP contribution in [0.2, 0.25) is 0 Å². The summed E-state index contributed by atoms with van der Waals surface area (Å²) >= 11 is 1.56. The molecular weight excluding hydrogens is 372 g/mol. The molecule has 1 fully saturated rings. The Morgan fingerprint density at radius 1 is 1.00 bits per heavy atom. The van der Waals surface area contributed by atoms with Gasteiger partial charge in [0.05, 0.1) is 5.75 Å². The van der Waals surface area contributed by atoms with Crippen LogP contribution in [-0.2, 0) is 11.3 Å². The van der Waals surface area contributed by atoms with E-state index in [-0.39, 0.29) is 5.91 Å². The van der Waals surface area contributed by atoms with E-state index in [1.54, 1.807) is 11.8 Å². The normalized spacial score (nSPS) is 16.8. The minimum atomic E-state index is 0.204. The van der Waals surface area contributed by atoms with Crippen molar-refractivity contribution in [2.24, 2.45) is 0 Å². The molecule has 1 amide bonds. The molecule has 0 spiro atoms. The maximum Gasteiger partial charge on any atom is 0.233 e. The standard InChI is InChI=1S/C22H26N2O3S/c1-17-3-2-4-18(13-17)15-23-7-9-24(10-8-23)22(25)16-28-19-5-6-20-21(14-19)27-12-11-26-20/h2-6,13-14H,7-12,15-16H2,1H3. The molecule has 0 N–H and O–H groups in total. The summed E-state index contributed by atoms with van der Waals surface area (Å²) in [5, 5.41) is 0. The number of aryl methyl sites for hydroxylation is 1. The van der Waals surface area contributed by atoms with E-state index in [1.165, 1.54) is 11.1 Å². The molecule has 0 saturated carbocycles. The molecule has 28 heavy (non-hydrogen) atoms. The first-order chi connectivity index (χ1) is 13.7. The maximum atomic E-state index is 12.6. The zero-order valence-corrected chi connectivity index (χ0v) is 17.0. The lowest BCUT2D eigenvalue weighted by Gasteiger charge is -2.34. The fourth-order valence-corrected chi connectivity index (χ4v) is 4.40. The summed E-state index contributed by atoms with van der Waals surface area (Å²) in [7, 11) is 0. The monoisotopic (exact) mass is 398 g/mol. The highest BCUT2D eigenvalue weighted by atomic mass is 32.2. The van der Waals surface area contributed by atoms with Crippen molar-refractivity contribution in [3.63, 3.8) is 0 Å². The predicted molar refractivity (Wildman–Crippen MR) is 111 cm³/mol. The van der Waals surface area contributed by atoms with Crippen LogP contribution in [-0.4, -0.2) is 60.9 Å². The van der Waals surface area contributed by atoms with E-state index in [4.69, 9.17) is 9.47 Å². The summed E-state index contributed by atoms with van der Waals surface area (Å²) in [5.74, 6) is 2.22. The molecule has 2 aromatic rings. The molecule has 1 saturated heterocycles. The highest BCUT2D eigenvalue weighted by Crippen LogP contribution is 2.34. The van der Waals surface area contributed by atoms with Crippen molar-refractivity contribution in [2.75, 3.05) is 45.1 Å². The molecule has 0 unspecified atom stereocenters. The average molecular weight is 399 g/mol.